The number of aryl methyl sites for hydroxylation is 1. The van der Waals surface area contributed by atoms with Gasteiger partial charge in [-0.15, -0.1) is 11.3 Å². The third kappa shape index (κ3) is 1.63. The van der Waals surface area contributed by atoms with Crippen molar-refractivity contribution in [1.82, 2.24) is 4.98 Å². The highest BCUT2D eigenvalue weighted by atomic mass is 32.1. The lowest BCUT2D eigenvalue weighted by atomic mass is 10.2. The van der Waals surface area contributed by atoms with Crippen molar-refractivity contribution < 1.29 is 4.79 Å². The number of H-pyrrole nitrogens is 1. The maximum atomic E-state index is 11.8. The van der Waals surface area contributed by atoms with Crippen molar-refractivity contribution in [3.8, 4) is 0 Å². The van der Waals surface area contributed by atoms with Crippen molar-refractivity contribution in [2.75, 3.05) is 0 Å². The van der Waals surface area contributed by atoms with Gasteiger partial charge in [-0.1, -0.05) is 6.92 Å². The van der Waals surface area contributed by atoms with Crippen LogP contribution in [0.5, 0.6) is 0 Å². The summed E-state index contributed by atoms with van der Waals surface area (Å²) in [7, 11) is 0. The molecule has 14 heavy (non-hydrogen) atoms. The van der Waals surface area contributed by atoms with Crippen LogP contribution in [-0.4, -0.2) is 10.8 Å². The van der Waals surface area contributed by atoms with Crippen molar-refractivity contribution in [1.29, 1.82) is 0 Å². The molecule has 0 atom stereocenters. The number of carbonyl (C=O) groups excluding carboxylic acids is 1. The first-order valence-electron chi connectivity index (χ1n) is 4.58. The molecule has 0 aromatic carbocycles. The fraction of sp³-hybridized carbons (Fsp3) is 0.182. The first-order chi connectivity index (χ1) is 6.81. The number of hydrogen-bond acceptors (Lipinski definition) is 2. The highest BCUT2D eigenvalue weighted by Gasteiger charge is 2.11. The first-order valence-corrected chi connectivity index (χ1v) is 5.39. The zero-order valence-corrected chi connectivity index (χ0v) is 8.73. The predicted octanol–water partition coefficient (Wildman–Crippen LogP) is 2.87. The molecule has 0 aliphatic rings. The number of ketones is 1. The van der Waals surface area contributed by atoms with Crippen molar-refractivity contribution >= 4 is 17.1 Å². The van der Waals surface area contributed by atoms with E-state index in [4.69, 9.17) is 0 Å². The number of aromatic nitrogens is 1. The summed E-state index contributed by atoms with van der Waals surface area (Å²) in [4.78, 5) is 16.8. The Kier molecular flexibility index (Phi) is 2.50. The van der Waals surface area contributed by atoms with Crippen LogP contribution in [0, 0.1) is 0 Å². The summed E-state index contributed by atoms with van der Waals surface area (Å²) < 4.78 is 0. The van der Waals surface area contributed by atoms with E-state index in [9.17, 15) is 4.79 Å². The van der Waals surface area contributed by atoms with E-state index >= 15 is 0 Å². The molecule has 0 amide bonds. The second-order valence-corrected chi connectivity index (χ2v) is 4.20. The Morgan fingerprint density at radius 3 is 2.86 bits per heavy atom. The number of aromatic amines is 1. The lowest BCUT2D eigenvalue weighted by molar-refractivity contribution is 0.103. The van der Waals surface area contributed by atoms with Gasteiger partial charge in [-0.2, -0.15) is 0 Å². The SMILES string of the molecule is CCc1ccc(C(=O)c2ccc[nH]2)s1. The van der Waals surface area contributed by atoms with Gasteiger partial charge >= 0.3 is 0 Å². The lowest BCUT2D eigenvalue weighted by Gasteiger charge is -1.92. The second kappa shape index (κ2) is 3.80. The van der Waals surface area contributed by atoms with Crippen LogP contribution in [0.4, 0.5) is 0 Å². The van der Waals surface area contributed by atoms with Crippen LogP contribution in [0.2, 0.25) is 0 Å². The number of thiophene rings is 1. The average molecular weight is 205 g/mol. The Morgan fingerprint density at radius 2 is 2.29 bits per heavy atom. The molecule has 2 nitrogen and oxygen atoms in total. The molecule has 1 N–H and O–H groups in total. The maximum absolute atomic E-state index is 11.8. The summed E-state index contributed by atoms with van der Waals surface area (Å²) >= 11 is 1.57. The molecule has 2 aromatic heterocycles. The zero-order chi connectivity index (χ0) is 9.97. The van der Waals surface area contributed by atoms with E-state index in [1.54, 1.807) is 23.6 Å². The van der Waals surface area contributed by atoms with Crippen LogP contribution < -0.4 is 0 Å². The third-order valence-corrected chi connectivity index (χ3v) is 3.30. The molecule has 0 bridgehead atoms. The second-order valence-electron chi connectivity index (χ2n) is 3.03. The summed E-state index contributed by atoms with van der Waals surface area (Å²) in [6.07, 6.45) is 2.75. The summed E-state index contributed by atoms with van der Waals surface area (Å²) in [5, 5.41) is 0. The minimum atomic E-state index is 0.0831. The molecule has 0 aliphatic carbocycles. The van der Waals surface area contributed by atoms with Crippen LogP contribution in [0.25, 0.3) is 0 Å². The molecule has 0 fully saturated rings. The Morgan fingerprint density at radius 1 is 1.43 bits per heavy atom. The van der Waals surface area contributed by atoms with E-state index in [1.807, 2.05) is 18.2 Å². The van der Waals surface area contributed by atoms with E-state index in [0.29, 0.717) is 5.69 Å². The summed E-state index contributed by atoms with van der Waals surface area (Å²) in [5.41, 5.74) is 0.662. The Labute approximate surface area is 86.6 Å². The smallest absolute Gasteiger partial charge is 0.219 e. The minimum absolute atomic E-state index is 0.0831. The molecular weight excluding hydrogens is 194 g/mol. The molecule has 3 heteroatoms. The van der Waals surface area contributed by atoms with Crippen molar-refractivity contribution in [2.45, 2.75) is 13.3 Å². The van der Waals surface area contributed by atoms with Crippen molar-refractivity contribution in [3.63, 3.8) is 0 Å². The molecule has 0 saturated heterocycles. The van der Waals surface area contributed by atoms with E-state index in [1.165, 1.54) is 4.88 Å². The minimum Gasteiger partial charge on any atom is -0.358 e. The largest absolute Gasteiger partial charge is 0.358 e. The quantitative estimate of drug-likeness (QED) is 0.768. The highest BCUT2D eigenvalue weighted by Crippen LogP contribution is 2.19. The van der Waals surface area contributed by atoms with Crippen molar-refractivity contribution in [2.24, 2.45) is 0 Å². The normalized spacial score (nSPS) is 10.4. The van der Waals surface area contributed by atoms with Crippen LogP contribution in [0.1, 0.15) is 27.2 Å². The molecule has 0 unspecified atom stereocenters. The highest BCUT2D eigenvalue weighted by molar-refractivity contribution is 7.14. The van der Waals surface area contributed by atoms with Crippen LogP contribution in [-0.2, 0) is 6.42 Å². The Balaban J connectivity index is 2.28. The van der Waals surface area contributed by atoms with Gasteiger partial charge in [-0.3, -0.25) is 4.79 Å². The first kappa shape index (κ1) is 9.21. The van der Waals surface area contributed by atoms with Gasteiger partial charge in [0.25, 0.3) is 0 Å². The van der Waals surface area contributed by atoms with Gasteiger partial charge in [0.15, 0.2) is 0 Å². The van der Waals surface area contributed by atoms with Crippen molar-refractivity contribution in [3.05, 3.63) is 45.9 Å². The van der Waals surface area contributed by atoms with E-state index in [0.717, 1.165) is 11.3 Å². The maximum Gasteiger partial charge on any atom is 0.219 e. The molecule has 0 saturated carbocycles. The molecule has 0 spiro atoms. The molecule has 0 aliphatic heterocycles. The zero-order valence-electron chi connectivity index (χ0n) is 7.91. The molecule has 0 radical (unpaired) electrons. The predicted molar refractivity (Wildman–Crippen MR) is 57.9 cm³/mol. The molecule has 2 heterocycles. The van der Waals surface area contributed by atoms with Crippen LogP contribution in [0.3, 0.4) is 0 Å². The van der Waals surface area contributed by atoms with Gasteiger partial charge in [0.2, 0.25) is 5.78 Å². The fourth-order valence-corrected chi connectivity index (χ4v) is 2.20. The molecule has 72 valence electrons. The fourth-order valence-electron chi connectivity index (χ4n) is 1.29. The number of hydrogen-bond donors (Lipinski definition) is 1. The average Bonchev–Trinajstić information content (AvgIpc) is 2.88. The number of nitrogens with one attached hydrogen (secondary N) is 1. The Bertz CT molecular complexity index is 428. The van der Waals surface area contributed by atoms with E-state index in [2.05, 4.69) is 11.9 Å². The third-order valence-electron chi connectivity index (χ3n) is 2.08. The van der Waals surface area contributed by atoms with Gasteiger partial charge in [0.05, 0.1) is 10.6 Å². The summed E-state index contributed by atoms with van der Waals surface area (Å²) in [5.74, 6) is 0.0831. The molecule has 2 rings (SSSR count). The topological polar surface area (TPSA) is 32.9 Å². The van der Waals surface area contributed by atoms with Gasteiger partial charge in [0.1, 0.15) is 0 Å². The number of carbonyl (C=O) groups is 1. The van der Waals surface area contributed by atoms with Crippen LogP contribution >= 0.6 is 11.3 Å². The van der Waals surface area contributed by atoms with E-state index in [-0.39, 0.29) is 5.78 Å². The number of rotatable bonds is 3. The van der Waals surface area contributed by atoms with Gasteiger partial charge in [-0.25, -0.2) is 0 Å². The molecule has 2 aromatic rings. The monoisotopic (exact) mass is 205 g/mol. The van der Waals surface area contributed by atoms with Crippen LogP contribution in [0.15, 0.2) is 30.5 Å². The summed E-state index contributed by atoms with van der Waals surface area (Å²) in [6.45, 7) is 2.09. The summed E-state index contributed by atoms with van der Waals surface area (Å²) in [6, 6.07) is 7.54. The standard InChI is InChI=1S/C11H11NOS/c1-2-8-5-6-10(14-8)11(13)9-4-3-7-12-9/h3-7,12H,2H2,1H3. The lowest BCUT2D eigenvalue weighted by Crippen LogP contribution is -1.97. The van der Waals surface area contributed by atoms with E-state index < -0.39 is 0 Å². The Hall–Kier alpha value is -1.35. The molecular formula is C11H11NOS. The van der Waals surface area contributed by atoms with Gasteiger partial charge in [-0.05, 0) is 30.7 Å². The van der Waals surface area contributed by atoms with Gasteiger partial charge in [0, 0.05) is 11.1 Å². The van der Waals surface area contributed by atoms with Gasteiger partial charge < -0.3 is 4.98 Å².